The smallest absolute Gasteiger partial charge is 0.141 e. The van der Waals surface area contributed by atoms with E-state index in [1.54, 1.807) is 0 Å². The second kappa shape index (κ2) is 10.3. The quantitative estimate of drug-likeness (QED) is 0.299. The molecule has 0 atom stereocenters. The number of halogens is 1. The van der Waals surface area contributed by atoms with Crippen LogP contribution in [0.25, 0.3) is 38.3 Å². The van der Waals surface area contributed by atoms with Crippen molar-refractivity contribution in [2.45, 2.75) is 0 Å². The molecule has 7 aromatic rings. The van der Waals surface area contributed by atoms with Crippen LogP contribution in [0.5, 0.6) is 0 Å². The van der Waals surface area contributed by atoms with Crippen LogP contribution in [0.2, 0.25) is 5.02 Å². The van der Waals surface area contributed by atoms with E-state index in [1.807, 2.05) is 12.1 Å². The van der Waals surface area contributed by atoms with Gasteiger partial charge >= 0.3 is 0 Å². The monoisotopic (exact) mass is 554 g/mol. The van der Waals surface area contributed by atoms with Crippen LogP contribution in [-0.2, 0) is 0 Å². The summed E-state index contributed by atoms with van der Waals surface area (Å²) in [6, 6.07) is 39.1. The van der Waals surface area contributed by atoms with Crippen LogP contribution < -0.4 is 32.2 Å². The van der Waals surface area contributed by atoms with Gasteiger partial charge in [-0.05, 0) is 71.4 Å². The number of anilines is 3. The Bertz CT molecular complexity index is 2130. The highest BCUT2D eigenvalue weighted by Gasteiger charge is 2.22. The summed E-state index contributed by atoms with van der Waals surface area (Å²) in [5, 5.41) is 5.72. The van der Waals surface area contributed by atoms with Crippen molar-refractivity contribution in [1.82, 2.24) is 4.57 Å². The van der Waals surface area contributed by atoms with Crippen molar-refractivity contribution in [3.63, 3.8) is 0 Å². The highest BCUT2D eigenvalue weighted by Crippen LogP contribution is 2.39. The molecule has 8 heteroatoms. The summed E-state index contributed by atoms with van der Waals surface area (Å²) in [7, 11) is 11.2. The van der Waals surface area contributed by atoms with Crippen LogP contribution in [0, 0.1) is 0 Å². The fourth-order valence-electron chi connectivity index (χ4n) is 6.50. The lowest BCUT2D eigenvalue weighted by Gasteiger charge is -2.32. The van der Waals surface area contributed by atoms with E-state index in [0.717, 1.165) is 22.1 Å². The molecule has 0 bridgehead atoms. The van der Waals surface area contributed by atoms with Gasteiger partial charge < -0.3 is 9.47 Å². The minimum absolute atomic E-state index is 0.732. The Morgan fingerprint density at radius 3 is 1.71 bits per heavy atom. The minimum Gasteiger partial charge on any atom is -0.312 e. The van der Waals surface area contributed by atoms with Crippen molar-refractivity contribution >= 4 is 128 Å². The molecule has 0 aliphatic rings. The van der Waals surface area contributed by atoms with Gasteiger partial charge in [0.1, 0.15) is 39.2 Å². The zero-order chi connectivity index (χ0) is 29.1. The molecule has 7 rings (SSSR count). The summed E-state index contributed by atoms with van der Waals surface area (Å²) in [5.41, 5.74) is 13.6. The first kappa shape index (κ1) is 26.7. The Kier molecular flexibility index (Phi) is 6.52. The molecule has 0 amide bonds. The highest BCUT2D eigenvalue weighted by atomic mass is 35.5. The zero-order valence-corrected chi connectivity index (χ0v) is 25.4. The molecule has 1 heterocycles. The standard InChI is InChI=1S/C34H28B5ClN2/c35-29-30(36)32(38)34(33(39)31(29)37)41(23-12-10-21(40)11-13-23)24-14-15-25-26-16-19-6-4-5-7-20(19)17-27(26)42(28(25)18-24)22-8-2-1-3-9-22/h1-18H,35-39H2. The molecule has 6 aromatic carbocycles. The fraction of sp³-hybridized carbons (Fsp3) is 0. The van der Waals surface area contributed by atoms with Crippen molar-refractivity contribution < 1.29 is 0 Å². The molecule has 42 heavy (non-hydrogen) atoms. The van der Waals surface area contributed by atoms with E-state index in [9.17, 15) is 0 Å². The number of para-hydroxylation sites is 1. The molecule has 2 nitrogen and oxygen atoms in total. The van der Waals surface area contributed by atoms with Gasteiger partial charge in [0, 0.05) is 38.5 Å². The maximum absolute atomic E-state index is 6.38. The fourth-order valence-corrected chi connectivity index (χ4v) is 6.62. The van der Waals surface area contributed by atoms with Crippen molar-refractivity contribution in [1.29, 1.82) is 0 Å². The van der Waals surface area contributed by atoms with E-state index in [4.69, 9.17) is 11.6 Å². The molecule has 0 aliphatic carbocycles. The second-order valence-electron chi connectivity index (χ2n) is 11.4. The van der Waals surface area contributed by atoms with Crippen LogP contribution in [0.4, 0.5) is 17.1 Å². The third-order valence-corrected chi connectivity index (χ3v) is 9.41. The van der Waals surface area contributed by atoms with E-state index in [-0.39, 0.29) is 0 Å². The molecule has 1 aromatic heterocycles. The lowest BCUT2D eigenvalue weighted by molar-refractivity contribution is 1.18. The van der Waals surface area contributed by atoms with Gasteiger partial charge in [-0.3, -0.25) is 0 Å². The summed E-state index contributed by atoms with van der Waals surface area (Å²) in [5.74, 6) is 0. The van der Waals surface area contributed by atoms with Gasteiger partial charge in [-0.15, -0.1) is 5.46 Å². The third-order valence-electron chi connectivity index (χ3n) is 9.16. The summed E-state index contributed by atoms with van der Waals surface area (Å²) in [6.07, 6.45) is 0. The first-order chi connectivity index (χ1) is 20.3. The van der Waals surface area contributed by atoms with E-state index in [0.29, 0.717) is 0 Å². The van der Waals surface area contributed by atoms with Crippen molar-refractivity contribution in [3.8, 4) is 5.69 Å². The van der Waals surface area contributed by atoms with Crippen LogP contribution in [0.15, 0.2) is 109 Å². The molecule has 0 aliphatic heterocycles. The van der Waals surface area contributed by atoms with E-state index >= 15 is 0 Å². The number of benzene rings is 6. The van der Waals surface area contributed by atoms with Crippen molar-refractivity contribution in [2.75, 3.05) is 4.90 Å². The van der Waals surface area contributed by atoms with Gasteiger partial charge in [-0.1, -0.05) is 82.0 Å². The SMILES string of the molecule is Bc1c(B)c(B)c(N(c2ccc(Cl)cc2)c2ccc3c4cc5ccccc5cc4n(-c4ccccc4)c3c2)c(B)c1B. The van der Waals surface area contributed by atoms with E-state index in [1.165, 1.54) is 65.6 Å². The maximum Gasteiger partial charge on any atom is 0.141 e. The van der Waals surface area contributed by atoms with Crippen molar-refractivity contribution in [2.24, 2.45) is 0 Å². The molecule has 0 spiro atoms. The normalized spacial score (nSPS) is 11.5. The Morgan fingerprint density at radius 2 is 1.05 bits per heavy atom. The molecule has 0 fully saturated rings. The summed E-state index contributed by atoms with van der Waals surface area (Å²) < 4.78 is 2.41. The lowest BCUT2D eigenvalue weighted by Crippen LogP contribution is -2.56. The van der Waals surface area contributed by atoms with Gasteiger partial charge in [-0.2, -0.15) is 0 Å². The third kappa shape index (κ3) is 4.18. The number of hydrogen-bond acceptors (Lipinski definition) is 1. The first-order valence-electron chi connectivity index (χ1n) is 14.5. The molecular formula is C34H28B5ClN2. The average molecular weight is 554 g/mol. The Morgan fingerprint density at radius 1 is 0.500 bits per heavy atom. The predicted octanol–water partition coefficient (Wildman–Crippen LogP) is 1.35. The molecule has 0 unspecified atom stereocenters. The Labute approximate surface area is 256 Å². The summed E-state index contributed by atoms with van der Waals surface area (Å²) in [4.78, 5) is 2.41. The lowest BCUT2D eigenvalue weighted by atomic mass is 9.61. The topological polar surface area (TPSA) is 8.17 Å². The number of hydrogen-bond donors (Lipinski definition) is 0. The summed E-state index contributed by atoms with van der Waals surface area (Å²) >= 11 is 6.38. The van der Waals surface area contributed by atoms with E-state index in [2.05, 4.69) is 146 Å². The van der Waals surface area contributed by atoms with Crippen LogP contribution in [0.3, 0.4) is 0 Å². The predicted molar refractivity (Wildman–Crippen MR) is 199 cm³/mol. The molecular weight excluding hydrogens is 526 g/mol. The zero-order valence-electron chi connectivity index (χ0n) is 24.7. The van der Waals surface area contributed by atoms with Gasteiger partial charge in [0.15, 0.2) is 0 Å². The first-order valence-corrected chi connectivity index (χ1v) is 14.9. The van der Waals surface area contributed by atoms with Gasteiger partial charge in [0.25, 0.3) is 0 Å². The average Bonchev–Trinajstić information content (AvgIpc) is 3.33. The minimum atomic E-state index is 0.732. The van der Waals surface area contributed by atoms with Crippen LogP contribution >= 0.6 is 11.6 Å². The number of rotatable bonds is 4. The Hall–Kier alpha value is -4.21. The Balaban J connectivity index is 1.58. The van der Waals surface area contributed by atoms with E-state index < -0.39 is 0 Å². The molecule has 0 saturated heterocycles. The van der Waals surface area contributed by atoms with Crippen LogP contribution in [-0.4, -0.2) is 43.8 Å². The van der Waals surface area contributed by atoms with Crippen LogP contribution in [0.1, 0.15) is 0 Å². The number of nitrogens with zero attached hydrogens (tertiary/aromatic N) is 2. The molecule has 0 N–H and O–H groups in total. The molecule has 196 valence electrons. The van der Waals surface area contributed by atoms with Gasteiger partial charge in [0.2, 0.25) is 0 Å². The largest absolute Gasteiger partial charge is 0.312 e. The van der Waals surface area contributed by atoms with Gasteiger partial charge in [0.05, 0.1) is 11.0 Å². The molecule has 0 saturated carbocycles. The summed E-state index contributed by atoms with van der Waals surface area (Å²) in [6.45, 7) is 0. The second-order valence-corrected chi connectivity index (χ2v) is 11.8. The number of fused-ring (bicyclic) bond motifs is 4. The molecule has 0 radical (unpaired) electrons. The van der Waals surface area contributed by atoms with Gasteiger partial charge in [-0.25, -0.2) is 0 Å². The highest BCUT2D eigenvalue weighted by molar-refractivity contribution is 6.69. The maximum atomic E-state index is 6.38. The number of aromatic nitrogens is 1. The van der Waals surface area contributed by atoms with Crippen molar-refractivity contribution in [3.05, 3.63) is 114 Å².